The molecule has 0 saturated heterocycles. The van der Waals surface area contributed by atoms with Crippen LogP contribution < -0.4 is 0 Å². The van der Waals surface area contributed by atoms with E-state index in [0.717, 1.165) is 0 Å². The second-order valence-electron chi connectivity index (χ2n) is 1.01. The largest absolute Gasteiger partial charge is 0.419 e. The van der Waals surface area contributed by atoms with Crippen LogP contribution in [0.25, 0.3) is 0 Å². The minimum absolute atomic E-state index is 2.12. The van der Waals surface area contributed by atoms with Gasteiger partial charge in [-0.25, -0.2) is 4.39 Å². The molecule has 0 fully saturated rings. The molecule has 0 heterocycles. The van der Waals surface area contributed by atoms with Gasteiger partial charge in [-0.05, 0) is 6.92 Å². The van der Waals surface area contributed by atoms with E-state index in [4.69, 9.17) is 0 Å². The average Bonchev–Trinajstić information content (AvgIpc) is 1.31. The van der Waals surface area contributed by atoms with Crippen LogP contribution in [0.15, 0.2) is 0 Å². The standard InChI is InChI=1S/C3H3F4/c1-2(4)3(5,6)7/h2H,1H2. The Kier molecular flexibility index (Phi) is 1.61. The van der Waals surface area contributed by atoms with Crippen molar-refractivity contribution in [1.82, 2.24) is 0 Å². The first-order valence-corrected chi connectivity index (χ1v) is 1.48. The predicted octanol–water partition coefficient (Wildman–Crippen LogP) is 1.72. The third kappa shape index (κ3) is 2.42. The van der Waals surface area contributed by atoms with Gasteiger partial charge in [0.1, 0.15) is 0 Å². The second-order valence-corrected chi connectivity index (χ2v) is 1.01. The fourth-order valence-corrected chi connectivity index (χ4v) is 0. The first kappa shape index (κ1) is 6.72. The molecule has 0 aliphatic rings. The molecule has 0 spiro atoms. The van der Waals surface area contributed by atoms with Crippen LogP contribution in [0.2, 0.25) is 0 Å². The molecule has 1 atom stereocenters. The molecule has 0 amide bonds. The highest BCUT2D eigenvalue weighted by Crippen LogP contribution is 2.21. The Morgan fingerprint density at radius 1 is 1.29 bits per heavy atom. The van der Waals surface area contributed by atoms with E-state index in [1.807, 2.05) is 0 Å². The molecule has 43 valence electrons. The van der Waals surface area contributed by atoms with Crippen LogP contribution >= 0.6 is 0 Å². The van der Waals surface area contributed by atoms with E-state index in [1.165, 1.54) is 0 Å². The van der Waals surface area contributed by atoms with Crippen molar-refractivity contribution < 1.29 is 17.6 Å². The lowest BCUT2D eigenvalue weighted by molar-refractivity contribution is -0.167. The van der Waals surface area contributed by atoms with E-state index < -0.39 is 12.3 Å². The summed E-state index contributed by atoms with van der Waals surface area (Å²) in [5.74, 6) is 0. The Bertz CT molecular complexity index is 52.4. The minimum Gasteiger partial charge on any atom is -0.237 e. The fraction of sp³-hybridized carbons (Fsp3) is 0.667. The summed E-state index contributed by atoms with van der Waals surface area (Å²) in [5.41, 5.74) is 0. The van der Waals surface area contributed by atoms with E-state index in [0.29, 0.717) is 0 Å². The lowest BCUT2D eigenvalue weighted by atomic mass is 10.4. The van der Waals surface area contributed by atoms with E-state index in [-0.39, 0.29) is 0 Å². The number of halogens is 4. The van der Waals surface area contributed by atoms with Gasteiger partial charge < -0.3 is 0 Å². The number of rotatable bonds is 0. The van der Waals surface area contributed by atoms with Gasteiger partial charge in [-0.2, -0.15) is 13.2 Å². The van der Waals surface area contributed by atoms with Gasteiger partial charge in [0.2, 0.25) is 0 Å². The Balaban J connectivity index is 3.54. The van der Waals surface area contributed by atoms with E-state index in [1.54, 1.807) is 0 Å². The predicted molar refractivity (Wildman–Crippen MR) is 16.3 cm³/mol. The van der Waals surface area contributed by atoms with E-state index in [9.17, 15) is 17.6 Å². The van der Waals surface area contributed by atoms with Crippen molar-refractivity contribution in [2.45, 2.75) is 12.3 Å². The van der Waals surface area contributed by atoms with Gasteiger partial charge in [-0.3, -0.25) is 0 Å². The lowest BCUT2D eigenvalue weighted by Gasteiger charge is -2.03. The molecule has 1 radical (unpaired) electrons. The normalized spacial score (nSPS) is 16.7. The highest BCUT2D eigenvalue weighted by atomic mass is 19.4. The van der Waals surface area contributed by atoms with Crippen LogP contribution in [0.5, 0.6) is 0 Å². The third-order valence-electron chi connectivity index (χ3n) is 0.355. The summed E-state index contributed by atoms with van der Waals surface area (Å²) in [6.45, 7) is 2.12. The zero-order chi connectivity index (χ0) is 6.08. The van der Waals surface area contributed by atoms with Crippen molar-refractivity contribution in [2.24, 2.45) is 0 Å². The maximum Gasteiger partial charge on any atom is 0.419 e. The first-order chi connectivity index (χ1) is 2.94. The molecule has 0 aromatic heterocycles. The summed E-state index contributed by atoms with van der Waals surface area (Å²) in [7, 11) is 0. The lowest BCUT2D eigenvalue weighted by Crippen LogP contribution is -2.20. The summed E-state index contributed by atoms with van der Waals surface area (Å²) in [5, 5.41) is 0. The maximum atomic E-state index is 11.0. The molecule has 7 heavy (non-hydrogen) atoms. The molecule has 0 nitrogen and oxygen atoms in total. The summed E-state index contributed by atoms with van der Waals surface area (Å²) >= 11 is 0. The molecule has 0 aliphatic carbocycles. The Labute approximate surface area is 38.1 Å². The van der Waals surface area contributed by atoms with Crippen molar-refractivity contribution in [3.8, 4) is 0 Å². The van der Waals surface area contributed by atoms with Crippen molar-refractivity contribution in [2.75, 3.05) is 0 Å². The summed E-state index contributed by atoms with van der Waals surface area (Å²) in [6, 6.07) is 0. The number of hydrogen-bond acceptors (Lipinski definition) is 0. The van der Waals surface area contributed by atoms with Gasteiger partial charge in [0, 0.05) is 0 Å². The van der Waals surface area contributed by atoms with Crippen molar-refractivity contribution in [1.29, 1.82) is 0 Å². The fourth-order valence-electron chi connectivity index (χ4n) is 0. The smallest absolute Gasteiger partial charge is 0.237 e. The molecule has 0 saturated carbocycles. The molecule has 0 N–H and O–H groups in total. The molecule has 0 rings (SSSR count). The van der Waals surface area contributed by atoms with Crippen LogP contribution in [-0.4, -0.2) is 12.3 Å². The highest BCUT2D eigenvalue weighted by Gasteiger charge is 2.35. The molecule has 0 aromatic carbocycles. The van der Waals surface area contributed by atoms with Gasteiger partial charge in [0.05, 0.1) is 0 Å². The van der Waals surface area contributed by atoms with Crippen LogP contribution in [0.4, 0.5) is 17.6 Å². The van der Waals surface area contributed by atoms with Gasteiger partial charge in [-0.15, -0.1) is 0 Å². The zero-order valence-electron chi connectivity index (χ0n) is 3.30. The van der Waals surface area contributed by atoms with Crippen LogP contribution in [0.3, 0.4) is 0 Å². The number of alkyl halides is 4. The first-order valence-electron chi connectivity index (χ1n) is 1.48. The summed E-state index contributed by atoms with van der Waals surface area (Å²) in [6.07, 6.45) is -7.73. The summed E-state index contributed by atoms with van der Waals surface area (Å²) in [4.78, 5) is 0. The molecule has 0 aliphatic heterocycles. The Morgan fingerprint density at radius 2 is 1.43 bits per heavy atom. The molecular formula is C3H3F4. The minimum atomic E-state index is -4.78. The van der Waals surface area contributed by atoms with Gasteiger partial charge >= 0.3 is 6.18 Å². The van der Waals surface area contributed by atoms with Crippen LogP contribution in [-0.2, 0) is 0 Å². The molecule has 4 heteroatoms. The maximum absolute atomic E-state index is 11.0. The molecule has 0 bridgehead atoms. The molecular weight excluding hydrogens is 112 g/mol. The quantitative estimate of drug-likeness (QED) is 0.421. The zero-order valence-corrected chi connectivity index (χ0v) is 3.30. The average molecular weight is 115 g/mol. The topological polar surface area (TPSA) is 0 Å². The van der Waals surface area contributed by atoms with Crippen molar-refractivity contribution in [3.63, 3.8) is 0 Å². The van der Waals surface area contributed by atoms with Gasteiger partial charge in [-0.1, -0.05) is 0 Å². The number of hydrogen-bond donors (Lipinski definition) is 0. The van der Waals surface area contributed by atoms with E-state index in [2.05, 4.69) is 6.92 Å². The van der Waals surface area contributed by atoms with Crippen molar-refractivity contribution in [3.05, 3.63) is 6.92 Å². The van der Waals surface area contributed by atoms with Crippen LogP contribution in [0.1, 0.15) is 0 Å². The van der Waals surface area contributed by atoms with Gasteiger partial charge in [0.25, 0.3) is 0 Å². The summed E-state index contributed by atoms with van der Waals surface area (Å²) < 4.78 is 43.2. The SMILES string of the molecule is [CH2]C(F)C(F)(F)F. The van der Waals surface area contributed by atoms with Crippen LogP contribution in [0, 0.1) is 6.92 Å². The van der Waals surface area contributed by atoms with Gasteiger partial charge in [0.15, 0.2) is 6.17 Å². The molecule has 1 unspecified atom stereocenters. The third-order valence-corrected chi connectivity index (χ3v) is 0.355. The monoisotopic (exact) mass is 115 g/mol. The van der Waals surface area contributed by atoms with Crippen molar-refractivity contribution >= 4 is 0 Å². The second kappa shape index (κ2) is 1.68. The van der Waals surface area contributed by atoms with E-state index >= 15 is 0 Å². The Morgan fingerprint density at radius 3 is 1.43 bits per heavy atom. The Hall–Kier alpha value is -0.280. The molecule has 0 aromatic rings. The highest BCUT2D eigenvalue weighted by molar-refractivity contribution is 4.65.